The van der Waals surface area contributed by atoms with Crippen LogP contribution >= 0.6 is 31.9 Å². The van der Waals surface area contributed by atoms with Crippen LogP contribution in [-0.2, 0) is 4.79 Å². The number of amides is 1. The molecule has 1 rings (SSSR count). The average molecular weight is 393 g/mol. The molecule has 0 atom stereocenters. The van der Waals surface area contributed by atoms with E-state index < -0.39 is 0 Å². The van der Waals surface area contributed by atoms with Crippen LogP contribution in [0.4, 0.5) is 5.69 Å². The van der Waals surface area contributed by atoms with Crippen LogP contribution in [-0.4, -0.2) is 44.5 Å². The molecule has 1 aromatic carbocycles. The van der Waals surface area contributed by atoms with Gasteiger partial charge in [-0.3, -0.25) is 9.69 Å². The Morgan fingerprint density at radius 3 is 2.74 bits per heavy atom. The van der Waals surface area contributed by atoms with Crippen LogP contribution in [0.5, 0.6) is 0 Å². The Labute approximate surface area is 131 Å². The fraction of sp³-hybridized carbons (Fsp3) is 0.462. The summed E-state index contributed by atoms with van der Waals surface area (Å²) in [5.41, 5.74) is 0.789. The highest BCUT2D eigenvalue weighted by molar-refractivity contribution is 9.11. The molecular weight excluding hydrogens is 374 g/mol. The molecule has 0 saturated heterocycles. The fourth-order valence-corrected chi connectivity index (χ4v) is 2.78. The zero-order valence-electron chi connectivity index (χ0n) is 11.2. The third kappa shape index (κ3) is 6.51. The predicted molar refractivity (Wildman–Crippen MR) is 86.5 cm³/mol. The Balaban J connectivity index is 2.42. The van der Waals surface area contributed by atoms with Gasteiger partial charge in [0.1, 0.15) is 0 Å². The summed E-state index contributed by atoms with van der Waals surface area (Å²) in [6.07, 6.45) is 1.03. The van der Waals surface area contributed by atoms with E-state index in [1.54, 1.807) is 0 Å². The minimum Gasteiger partial charge on any atom is -0.324 e. The van der Waals surface area contributed by atoms with E-state index in [-0.39, 0.29) is 5.91 Å². The molecule has 106 valence electrons. The van der Waals surface area contributed by atoms with Crippen molar-refractivity contribution in [2.75, 3.05) is 39.0 Å². The number of benzene rings is 1. The number of nitrogens with zero attached hydrogens (tertiary/aromatic N) is 1. The van der Waals surface area contributed by atoms with Gasteiger partial charge >= 0.3 is 0 Å². The Kier molecular flexibility index (Phi) is 7.60. The molecule has 2 N–H and O–H groups in total. The minimum atomic E-state index is -0.00465. The molecule has 0 aliphatic heterocycles. The van der Waals surface area contributed by atoms with Gasteiger partial charge in [-0.15, -0.1) is 0 Å². The Hall–Kier alpha value is -0.430. The summed E-state index contributed by atoms with van der Waals surface area (Å²) < 4.78 is 1.84. The van der Waals surface area contributed by atoms with Gasteiger partial charge in [0, 0.05) is 8.95 Å². The molecule has 0 unspecified atom stereocenters. The van der Waals surface area contributed by atoms with Crippen molar-refractivity contribution in [1.29, 1.82) is 0 Å². The molecule has 19 heavy (non-hydrogen) atoms. The summed E-state index contributed by atoms with van der Waals surface area (Å²) >= 11 is 6.81. The van der Waals surface area contributed by atoms with E-state index in [1.165, 1.54) is 0 Å². The molecule has 0 aliphatic rings. The molecule has 0 saturated carbocycles. The molecule has 0 aromatic heterocycles. The second-order valence-corrected chi connectivity index (χ2v) is 6.14. The molecule has 0 fully saturated rings. The van der Waals surface area contributed by atoms with Crippen LogP contribution in [0.2, 0.25) is 0 Å². The van der Waals surface area contributed by atoms with Crippen LogP contribution in [0, 0.1) is 0 Å². The maximum atomic E-state index is 11.9. The number of carbonyl (C=O) groups is 1. The number of likely N-dealkylation sites (N-methyl/N-ethyl adjacent to an activating group) is 1. The third-order valence-corrected chi connectivity index (χ3v) is 3.73. The molecule has 6 heteroatoms. The zero-order chi connectivity index (χ0) is 14.3. The van der Waals surface area contributed by atoms with Gasteiger partial charge < -0.3 is 10.6 Å². The summed E-state index contributed by atoms with van der Waals surface area (Å²) in [5.74, 6) is -0.00465. The lowest BCUT2D eigenvalue weighted by Crippen LogP contribution is -2.32. The Morgan fingerprint density at radius 1 is 1.37 bits per heavy atom. The molecular formula is C13H19Br2N3O. The van der Waals surface area contributed by atoms with Crippen molar-refractivity contribution >= 4 is 43.5 Å². The SMILES string of the molecule is CNCCCN(C)CC(=O)Nc1ccc(Br)cc1Br. The van der Waals surface area contributed by atoms with Crippen LogP contribution in [0.3, 0.4) is 0 Å². The summed E-state index contributed by atoms with van der Waals surface area (Å²) in [5, 5.41) is 5.99. The highest BCUT2D eigenvalue weighted by Crippen LogP contribution is 2.25. The maximum Gasteiger partial charge on any atom is 0.238 e. The molecule has 0 bridgehead atoms. The average Bonchev–Trinajstić information content (AvgIpc) is 2.33. The van der Waals surface area contributed by atoms with Gasteiger partial charge in [-0.05, 0) is 67.7 Å². The van der Waals surface area contributed by atoms with Gasteiger partial charge in [0.2, 0.25) is 5.91 Å². The summed E-state index contributed by atoms with van der Waals surface area (Å²) in [6.45, 7) is 2.26. The molecule has 0 spiro atoms. The second-order valence-electron chi connectivity index (χ2n) is 4.37. The van der Waals surface area contributed by atoms with E-state index in [2.05, 4.69) is 42.5 Å². The largest absolute Gasteiger partial charge is 0.324 e. The number of halogens is 2. The molecule has 0 aliphatic carbocycles. The number of nitrogens with one attached hydrogen (secondary N) is 2. The van der Waals surface area contributed by atoms with Crippen LogP contribution in [0.1, 0.15) is 6.42 Å². The molecule has 0 radical (unpaired) electrons. The number of anilines is 1. The van der Waals surface area contributed by atoms with Crippen molar-refractivity contribution in [2.45, 2.75) is 6.42 Å². The van der Waals surface area contributed by atoms with E-state index in [9.17, 15) is 4.79 Å². The summed E-state index contributed by atoms with van der Waals surface area (Å²) in [6, 6.07) is 5.68. The van der Waals surface area contributed by atoms with E-state index in [0.717, 1.165) is 34.1 Å². The lowest BCUT2D eigenvalue weighted by molar-refractivity contribution is -0.117. The van der Waals surface area contributed by atoms with Gasteiger partial charge in [-0.2, -0.15) is 0 Å². The van der Waals surface area contributed by atoms with E-state index in [1.807, 2.05) is 37.2 Å². The first-order valence-electron chi connectivity index (χ1n) is 6.11. The number of hydrogen-bond acceptors (Lipinski definition) is 3. The molecule has 0 heterocycles. The van der Waals surface area contributed by atoms with Crippen LogP contribution < -0.4 is 10.6 Å². The first-order valence-corrected chi connectivity index (χ1v) is 7.69. The Bertz CT molecular complexity index is 426. The van der Waals surface area contributed by atoms with Crippen LogP contribution in [0.15, 0.2) is 27.1 Å². The lowest BCUT2D eigenvalue weighted by Gasteiger charge is -2.16. The smallest absolute Gasteiger partial charge is 0.238 e. The van der Waals surface area contributed by atoms with Crippen molar-refractivity contribution in [3.8, 4) is 0 Å². The topological polar surface area (TPSA) is 44.4 Å². The zero-order valence-corrected chi connectivity index (χ0v) is 14.3. The van der Waals surface area contributed by atoms with Crippen molar-refractivity contribution < 1.29 is 4.79 Å². The molecule has 1 aromatic rings. The van der Waals surface area contributed by atoms with Crippen molar-refractivity contribution in [2.24, 2.45) is 0 Å². The monoisotopic (exact) mass is 391 g/mol. The fourth-order valence-electron chi connectivity index (χ4n) is 1.63. The Morgan fingerprint density at radius 2 is 2.11 bits per heavy atom. The second kappa shape index (κ2) is 8.68. The minimum absolute atomic E-state index is 0.00465. The number of hydrogen-bond donors (Lipinski definition) is 2. The lowest BCUT2D eigenvalue weighted by atomic mass is 10.3. The highest BCUT2D eigenvalue weighted by Gasteiger charge is 2.08. The normalized spacial score (nSPS) is 10.8. The van der Waals surface area contributed by atoms with Crippen LogP contribution in [0.25, 0.3) is 0 Å². The van der Waals surface area contributed by atoms with Gasteiger partial charge in [0.05, 0.1) is 12.2 Å². The van der Waals surface area contributed by atoms with Crippen molar-refractivity contribution in [3.63, 3.8) is 0 Å². The quantitative estimate of drug-likeness (QED) is 0.701. The first kappa shape index (κ1) is 16.6. The van der Waals surface area contributed by atoms with Gasteiger partial charge in [-0.25, -0.2) is 0 Å². The predicted octanol–water partition coefficient (Wildman–Crippen LogP) is 2.69. The summed E-state index contributed by atoms with van der Waals surface area (Å²) in [4.78, 5) is 13.9. The van der Waals surface area contributed by atoms with E-state index in [0.29, 0.717) is 6.54 Å². The number of carbonyl (C=O) groups excluding carboxylic acids is 1. The summed E-state index contributed by atoms with van der Waals surface area (Å²) in [7, 11) is 3.88. The maximum absolute atomic E-state index is 11.9. The van der Waals surface area contributed by atoms with Crippen molar-refractivity contribution in [3.05, 3.63) is 27.1 Å². The third-order valence-electron chi connectivity index (χ3n) is 2.59. The molecule has 1 amide bonds. The first-order chi connectivity index (χ1) is 9.02. The van der Waals surface area contributed by atoms with E-state index >= 15 is 0 Å². The van der Waals surface area contributed by atoms with Gasteiger partial charge in [0.15, 0.2) is 0 Å². The van der Waals surface area contributed by atoms with Gasteiger partial charge in [0.25, 0.3) is 0 Å². The standard InChI is InChI=1S/C13H19Br2N3O/c1-16-6-3-7-18(2)9-13(19)17-12-5-4-10(14)8-11(12)15/h4-5,8,16H,3,6-7,9H2,1-2H3,(H,17,19). The highest BCUT2D eigenvalue weighted by atomic mass is 79.9. The molecule has 4 nitrogen and oxygen atoms in total. The van der Waals surface area contributed by atoms with Gasteiger partial charge in [-0.1, -0.05) is 15.9 Å². The van der Waals surface area contributed by atoms with Crippen molar-refractivity contribution in [1.82, 2.24) is 10.2 Å². The number of rotatable bonds is 7. The van der Waals surface area contributed by atoms with E-state index in [4.69, 9.17) is 0 Å².